The van der Waals surface area contributed by atoms with E-state index in [0.29, 0.717) is 15.4 Å². The fourth-order valence-corrected chi connectivity index (χ4v) is 1.83. The van der Waals surface area contributed by atoms with E-state index in [0.717, 1.165) is 0 Å². The highest BCUT2D eigenvalue weighted by Crippen LogP contribution is 2.25. The molecule has 0 unspecified atom stereocenters. The number of fused-ring (bicyclic) bond motifs is 1. The number of halogens is 2. The number of aromatic nitrogens is 1. The van der Waals surface area contributed by atoms with Gasteiger partial charge in [0.25, 0.3) is 0 Å². The fourth-order valence-electron chi connectivity index (χ4n) is 1.28. The number of H-pyrrole nitrogens is 1. The highest BCUT2D eigenvalue weighted by Gasteiger charge is 2.10. The molecule has 0 fully saturated rings. The van der Waals surface area contributed by atoms with E-state index in [-0.39, 0.29) is 5.69 Å². The van der Waals surface area contributed by atoms with Crippen molar-refractivity contribution in [2.24, 2.45) is 0 Å². The molecule has 1 aromatic heterocycles. The van der Waals surface area contributed by atoms with Crippen LogP contribution in [0.15, 0.2) is 22.7 Å². The fraction of sp³-hybridized carbons (Fsp3) is 0. The van der Waals surface area contributed by atoms with E-state index in [1.807, 2.05) is 0 Å². The second kappa shape index (κ2) is 3.09. The monoisotopic (exact) mass is 257 g/mol. The zero-order valence-electron chi connectivity index (χ0n) is 6.84. The third-order valence-electron chi connectivity index (χ3n) is 1.88. The molecule has 0 saturated carbocycles. The normalized spacial score (nSPS) is 10.7. The predicted octanol–water partition coefficient (Wildman–Crippen LogP) is 2.77. The number of carboxylic acids is 1. The van der Waals surface area contributed by atoms with Gasteiger partial charge in [0.1, 0.15) is 11.5 Å². The Morgan fingerprint density at radius 2 is 2.14 bits per heavy atom. The lowest BCUT2D eigenvalue weighted by atomic mass is 10.2. The SMILES string of the molecule is O=C(O)c1cc2cc(F)cc(Br)c2[nH]1. The van der Waals surface area contributed by atoms with Gasteiger partial charge in [-0.15, -0.1) is 0 Å². The van der Waals surface area contributed by atoms with Gasteiger partial charge in [-0.2, -0.15) is 0 Å². The molecule has 14 heavy (non-hydrogen) atoms. The highest BCUT2D eigenvalue weighted by molar-refractivity contribution is 9.10. The number of benzene rings is 1. The lowest BCUT2D eigenvalue weighted by Crippen LogP contribution is -1.94. The van der Waals surface area contributed by atoms with Crippen molar-refractivity contribution >= 4 is 32.8 Å². The molecule has 0 atom stereocenters. The van der Waals surface area contributed by atoms with E-state index in [2.05, 4.69) is 20.9 Å². The summed E-state index contributed by atoms with van der Waals surface area (Å²) in [6.07, 6.45) is 0. The lowest BCUT2D eigenvalue weighted by molar-refractivity contribution is 0.0691. The summed E-state index contributed by atoms with van der Waals surface area (Å²) >= 11 is 3.15. The Morgan fingerprint density at radius 1 is 1.43 bits per heavy atom. The first-order valence-corrected chi connectivity index (χ1v) is 4.58. The van der Waals surface area contributed by atoms with Crippen molar-refractivity contribution in [3.05, 3.63) is 34.2 Å². The minimum Gasteiger partial charge on any atom is -0.477 e. The van der Waals surface area contributed by atoms with Gasteiger partial charge in [0.05, 0.1) is 5.52 Å². The van der Waals surface area contributed by atoms with Gasteiger partial charge in [0.2, 0.25) is 0 Å². The predicted molar refractivity (Wildman–Crippen MR) is 52.9 cm³/mol. The van der Waals surface area contributed by atoms with Gasteiger partial charge < -0.3 is 10.1 Å². The molecular weight excluding hydrogens is 253 g/mol. The van der Waals surface area contributed by atoms with Crippen molar-refractivity contribution in [2.75, 3.05) is 0 Å². The summed E-state index contributed by atoms with van der Waals surface area (Å²) in [5, 5.41) is 9.24. The van der Waals surface area contributed by atoms with Crippen molar-refractivity contribution in [1.29, 1.82) is 0 Å². The van der Waals surface area contributed by atoms with E-state index >= 15 is 0 Å². The molecule has 2 aromatic rings. The number of rotatable bonds is 1. The van der Waals surface area contributed by atoms with Crippen molar-refractivity contribution in [1.82, 2.24) is 4.98 Å². The van der Waals surface area contributed by atoms with E-state index in [1.165, 1.54) is 18.2 Å². The minimum absolute atomic E-state index is 0.0475. The Kier molecular flexibility index (Phi) is 2.03. The van der Waals surface area contributed by atoms with Crippen LogP contribution < -0.4 is 0 Å². The summed E-state index contributed by atoms with van der Waals surface area (Å²) in [6, 6.07) is 3.96. The summed E-state index contributed by atoms with van der Waals surface area (Å²) in [6.45, 7) is 0. The molecule has 0 aliphatic rings. The average molecular weight is 258 g/mol. The van der Waals surface area contributed by atoms with Crippen LogP contribution in [-0.4, -0.2) is 16.1 Å². The molecule has 0 saturated heterocycles. The Balaban J connectivity index is 2.76. The molecule has 2 N–H and O–H groups in total. The van der Waals surface area contributed by atoms with Crippen LogP contribution in [0.2, 0.25) is 0 Å². The largest absolute Gasteiger partial charge is 0.477 e. The molecule has 3 nitrogen and oxygen atoms in total. The first-order chi connectivity index (χ1) is 6.58. The number of hydrogen-bond donors (Lipinski definition) is 2. The van der Waals surface area contributed by atoms with Gasteiger partial charge in [-0.25, -0.2) is 9.18 Å². The van der Waals surface area contributed by atoms with Crippen LogP contribution in [0.1, 0.15) is 10.5 Å². The molecule has 0 aliphatic carbocycles. The maximum Gasteiger partial charge on any atom is 0.352 e. The van der Waals surface area contributed by atoms with Crippen LogP contribution in [0.3, 0.4) is 0 Å². The maximum atomic E-state index is 12.9. The molecule has 0 radical (unpaired) electrons. The van der Waals surface area contributed by atoms with Crippen molar-refractivity contribution in [2.45, 2.75) is 0 Å². The summed E-state index contributed by atoms with van der Waals surface area (Å²) < 4.78 is 13.4. The van der Waals surface area contributed by atoms with Crippen LogP contribution in [0.25, 0.3) is 10.9 Å². The van der Waals surface area contributed by atoms with E-state index in [4.69, 9.17) is 5.11 Å². The summed E-state index contributed by atoms with van der Waals surface area (Å²) in [5.41, 5.74) is 0.634. The molecule has 1 heterocycles. The molecule has 0 amide bonds. The van der Waals surface area contributed by atoms with Gasteiger partial charge in [-0.05, 0) is 34.1 Å². The molecule has 5 heteroatoms. The Bertz CT molecular complexity index is 521. The van der Waals surface area contributed by atoms with Crippen molar-refractivity contribution < 1.29 is 14.3 Å². The van der Waals surface area contributed by atoms with Gasteiger partial charge in [0, 0.05) is 9.86 Å². The molecule has 0 bridgehead atoms. The summed E-state index contributed by atoms with van der Waals surface area (Å²) in [5.74, 6) is -1.46. The van der Waals surface area contributed by atoms with Gasteiger partial charge in [0.15, 0.2) is 0 Å². The Morgan fingerprint density at radius 3 is 2.79 bits per heavy atom. The number of aromatic carboxylic acids is 1. The quantitative estimate of drug-likeness (QED) is 0.826. The minimum atomic E-state index is -1.06. The molecule has 1 aromatic carbocycles. The number of aromatic amines is 1. The van der Waals surface area contributed by atoms with E-state index in [1.54, 1.807) is 0 Å². The first kappa shape index (κ1) is 9.21. The van der Waals surface area contributed by atoms with Crippen LogP contribution in [0, 0.1) is 5.82 Å². The Hall–Kier alpha value is -1.36. The van der Waals surface area contributed by atoms with Crippen molar-refractivity contribution in [3.63, 3.8) is 0 Å². The van der Waals surface area contributed by atoms with Gasteiger partial charge >= 0.3 is 5.97 Å². The zero-order chi connectivity index (χ0) is 10.3. The summed E-state index contributed by atoms with van der Waals surface area (Å²) in [7, 11) is 0. The maximum absolute atomic E-state index is 12.9. The van der Waals surface area contributed by atoms with Gasteiger partial charge in [-0.1, -0.05) is 0 Å². The van der Waals surface area contributed by atoms with Crippen LogP contribution in [0.4, 0.5) is 4.39 Å². The molecule has 0 aliphatic heterocycles. The molecule has 0 spiro atoms. The van der Waals surface area contributed by atoms with Crippen LogP contribution >= 0.6 is 15.9 Å². The smallest absolute Gasteiger partial charge is 0.352 e. The third kappa shape index (κ3) is 1.39. The van der Waals surface area contributed by atoms with E-state index < -0.39 is 11.8 Å². The first-order valence-electron chi connectivity index (χ1n) is 3.79. The number of carbonyl (C=O) groups is 1. The molecule has 2 rings (SSSR count). The van der Waals surface area contributed by atoms with Gasteiger partial charge in [-0.3, -0.25) is 0 Å². The number of carboxylic acid groups (broad SMARTS) is 1. The highest BCUT2D eigenvalue weighted by atomic mass is 79.9. The average Bonchev–Trinajstić information content (AvgIpc) is 2.47. The molecular formula is C9H5BrFNO2. The lowest BCUT2D eigenvalue weighted by Gasteiger charge is -1.93. The van der Waals surface area contributed by atoms with Crippen LogP contribution in [-0.2, 0) is 0 Å². The number of nitrogens with one attached hydrogen (secondary N) is 1. The topological polar surface area (TPSA) is 53.1 Å². The van der Waals surface area contributed by atoms with Crippen LogP contribution in [0.5, 0.6) is 0 Å². The van der Waals surface area contributed by atoms with Crippen molar-refractivity contribution in [3.8, 4) is 0 Å². The third-order valence-corrected chi connectivity index (χ3v) is 2.50. The second-order valence-corrected chi connectivity index (χ2v) is 3.69. The van der Waals surface area contributed by atoms with E-state index in [9.17, 15) is 9.18 Å². The standard InChI is InChI=1S/C9H5BrFNO2/c10-6-3-5(11)1-4-2-7(9(13)14)12-8(4)6/h1-3,12H,(H,13,14). The second-order valence-electron chi connectivity index (χ2n) is 2.84. The summed E-state index contributed by atoms with van der Waals surface area (Å²) in [4.78, 5) is 13.3. The molecule has 72 valence electrons. The zero-order valence-corrected chi connectivity index (χ0v) is 8.43. The Labute approximate surface area is 86.7 Å². The number of hydrogen-bond acceptors (Lipinski definition) is 1.